The fourth-order valence-corrected chi connectivity index (χ4v) is 10.8. The van der Waals surface area contributed by atoms with Gasteiger partial charge in [0.1, 0.15) is 28.8 Å². The average molecular weight is 739 g/mol. The third-order valence-corrected chi connectivity index (χ3v) is 14.3. The van der Waals surface area contributed by atoms with E-state index in [1.807, 2.05) is 34.5 Å². The predicted molar refractivity (Wildman–Crippen MR) is 198 cm³/mol. The first-order valence-electron chi connectivity index (χ1n) is 18.5. The number of nitrogens with zero attached hydrogens (tertiary/aromatic N) is 3. The maximum absolute atomic E-state index is 14.3. The van der Waals surface area contributed by atoms with Gasteiger partial charge in [0.15, 0.2) is 5.13 Å². The van der Waals surface area contributed by atoms with Gasteiger partial charge in [0.25, 0.3) is 5.91 Å². The van der Waals surface area contributed by atoms with Crippen molar-refractivity contribution in [2.45, 2.75) is 126 Å². The molecule has 0 unspecified atom stereocenters. The Morgan fingerprint density at radius 2 is 1.80 bits per heavy atom. The first-order chi connectivity index (χ1) is 24.4. The summed E-state index contributed by atoms with van der Waals surface area (Å²) in [6.45, 7) is 4.36. The number of fused-ring (bicyclic) bond motifs is 2. The molecule has 2 amide bonds. The van der Waals surface area contributed by atoms with E-state index < -0.39 is 44.3 Å². The molecule has 7 rings (SSSR count). The van der Waals surface area contributed by atoms with Crippen molar-refractivity contribution in [2.24, 2.45) is 11.7 Å². The van der Waals surface area contributed by atoms with Crippen molar-refractivity contribution >= 4 is 49.2 Å². The molecule has 276 valence electrons. The topological polar surface area (TPSA) is 166 Å². The highest BCUT2D eigenvalue weighted by Gasteiger charge is 2.68. The zero-order chi connectivity index (χ0) is 36.0. The second-order valence-electron chi connectivity index (χ2n) is 15.2. The number of likely N-dealkylation sites (tertiary alicyclic amines) is 1. The van der Waals surface area contributed by atoms with Crippen LogP contribution in [0.15, 0.2) is 29.6 Å². The molecule has 2 aliphatic heterocycles. The molecule has 12 nitrogen and oxygen atoms in total. The predicted octanol–water partition coefficient (Wildman–Crippen LogP) is 5.76. The first kappa shape index (κ1) is 35.9. The largest absolute Gasteiger partial charge is 0.497 e. The van der Waals surface area contributed by atoms with Crippen LogP contribution < -0.4 is 25.2 Å². The SMILES string of the molecule is COc1ccc2c(O[C@@H]3C[C@@H](C(N)=O)N([C@]45C[C@H]4CCCCCCCCCC4(CC4)S(=O)(=O)NC5=O)C3)cc(-c3csc(NC(C)C)n3)nc2c1. The lowest BCUT2D eigenvalue weighted by molar-refractivity contribution is -0.130. The summed E-state index contributed by atoms with van der Waals surface area (Å²) in [5.74, 6) is 0.0562. The summed E-state index contributed by atoms with van der Waals surface area (Å²) < 4.78 is 41.4. The molecule has 2 aliphatic carbocycles. The number of nitrogens with one attached hydrogen (secondary N) is 2. The molecule has 51 heavy (non-hydrogen) atoms. The number of primary amides is 1. The molecule has 1 spiro atoms. The van der Waals surface area contributed by atoms with Crippen LogP contribution in [0.5, 0.6) is 11.5 Å². The van der Waals surface area contributed by atoms with Crippen LogP contribution in [0, 0.1) is 5.92 Å². The van der Waals surface area contributed by atoms with Crippen molar-refractivity contribution in [1.29, 1.82) is 0 Å². The highest BCUT2D eigenvalue weighted by molar-refractivity contribution is 7.91. The summed E-state index contributed by atoms with van der Waals surface area (Å²) in [7, 11) is -2.29. The van der Waals surface area contributed by atoms with Crippen LogP contribution >= 0.6 is 11.3 Å². The number of thiazole rings is 1. The van der Waals surface area contributed by atoms with Crippen LogP contribution in [-0.2, 0) is 19.6 Å². The number of methoxy groups -OCH3 is 1. The van der Waals surface area contributed by atoms with Crippen LogP contribution in [0.1, 0.15) is 97.3 Å². The van der Waals surface area contributed by atoms with Crippen LogP contribution in [0.25, 0.3) is 22.3 Å². The quantitative estimate of drug-likeness (QED) is 0.259. The lowest BCUT2D eigenvalue weighted by atomic mass is 10.0. The zero-order valence-electron chi connectivity index (χ0n) is 29.8. The summed E-state index contributed by atoms with van der Waals surface area (Å²) in [5.41, 5.74) is 6.89. The minimum Gasteiger partial charge on any atom is -0.497 e. The number of carbonyl (C=O) groups is 2. The van der Waals surface area contributed by atoms with Crippen molar-refractivity contribution < 1.29 is 27.5 Å². The normalized spacial score (nSPS) is 28.0. The summed E-state index contributed by atoms with van der Waals surface area (Å²) in [5, 5.41) is 6.84. The van der Waals surface area contributed by atoms with E-state index in [9.17, 15) is 18.0 Å². The number of ether oxygens (including phenoxy) is 2. The van der Waals surface area contributed by atoms with Gasteiger partial charge in [-0.05, 0) is 64.0 Å². The molecule has 14 heteroatoms. The molecule has 0 bridgehead atoms. The Balaban J connectivity index is 1.19. The fourth-order valence-electron chi connectivity index (χ4n) is 8.26. The first-order valence-corrected chi connectivity index (χ1v) is 20.8. The molecule has 4 atom stereocenters. The van der Waals surface area contributed by atoms with Crippen molar-refractivity contribution in [2.75, 3.05) is 19.0 Å². The van der Waals surface area contributed by atoms with E-state index in [4.69, 9.17) is 25.2 Å². The standard InChI is InChI=1S/C37H50N6O6S2/c1-23(2)39-35-41-30(22-50-35)29-19-32(27-13-12-25(48-3)17-28(27)40-29)49-26-18-31(33(38)44)43(21-26)37-20-24(37)11-9-7-5-4-6-8-10-14-36(15-16-36)51(46,47)42-34(37)45/h12-13,17,19,22-24,26,31H,4-11,14-16,18,20-21H2,1-3H3,(H2,38,44)(H,39,41)(H,42,45)/t24-,26-,31+,37-/m1/s1. The number of nitrogens with two attached hydrogens (primary N) is 1. The molecule has 2 saturated heterocycles. The number of anilines is 1. The summed E-state index contributed by atoms with van der Waals surface area (Å²) in [6.07, 6.45) is 9.98. The lowest BCUT2D eigenvalue weighted by Gasteiger charge is -2.32. The molecule has 1 aromatic carbocycles. The van der Waals surface area contributed by atoms with Crippen molar-refractivity contribution in [3.63, 3.8) is 0 Å². The van der Waals surface area contributed by atoms with Gasteiger partial charge in [0.2, 0.25) is 15.9 Å². The Hall–Kier alpha value is -3.49. The van der Waals surface area contributed by atoms with Crippen molar-refractivity contribution in [3.8, 4) is 22.9 Å². The number of sulfonamides is 1. The monoisotopic (exact) mass is 738 g/mol. The maximum atomic E-state index is 14.3. The minimum absolute atomic E-state index is 0.0762. The number of pyridine rings is 1. The van der Waals surface area contributed by atoms with Gasteiger partial charge in [-0.15, -0.1) is 11.3 Å². The molecule has 2 saturated carbocycles. The van der Waals surface area contributed by atoms with Gasteiger partial charge in [-0.3, -0.25) is 19.2 Å². The average Bonchev–Trinajstić information content (AvgIpc) is 3.93. The van der Waals surface area contributed by atoms with Crippen LogP contribution in [-0.4, -0.2) is 77.2 Å². The second-order valence-corrected chi connectivity index (χ2v) is 18.2. The summed E-state index contributed by atoms with van der Waals surface area (Å²) >= 11 is 1.50. The Kier molecular flexibility index (Phi) is 9.96. The Morgan fingerprint density at radius 3 is 2.51 bits per heavy atom. The van der Waals surface area contributed by atoms with E-state index in [-0.39, 0.29) is 24.9 Å². The van der Waals surface area contributed by atoms with Crippen molar-refractivity contribution in [1.82, 2.24) is 19.6 Å². The molecule has 0 radical (unpaired) electrons. The van der Waals surface area contributed by atoms with E-state index in [0.717, 1.165) is 61.9 Å². The molecule has 2 aromatic heterocycles. The Labute approximate surface area is 304 Å². The van der Waals surface area contributed by atoms with E-state index in [1.54, 1.807) is 7.11 Å². The Bertz CT molecular complexity index is 1890. The van der Waals surface area contributed by atoms with Gasteiger partial charge >= 0.3 is 0 Å². The van der Waals surface area contributed by atoms with Gasteiger partial charge in [-0.2, -0.15) is 0 Å². The molecule has 4 fully saturated rings. The molecule has 4 heterocycles. The van der Waals surface area contributed by atoms with Crippen LogP contribution in [0.4, 0.5) is 5.13 Å². The van der Waals surface area contributed by atoms with Crippen LogP contribution in [0.2, 0.25) is 0 Å². The summed E-state index contributed by atoms with van der Waals surface area (Å²) in [6, 6.07) is 6.89. The molecular formula is C37H50N6O6S2. The fraction of sp³-hybridized carbons (Fsp3) is 0.622. The van der Waals surface area contributed by atoms with Gasteiger partial charge in [0, 0.05) is 41.9 Å². The smallest absolute Gasteiger partial charge is 0.254 e. The number of aromatic nitrogens is 2. The van der Waals surface area contributed by atoms with Gasteiger partial charge in [0.05, 0.1) is 29.1 Å². The highest BCUT2D eigenvalue weighted by Crippen LogP contribution is 2.55. The molecule has 4 aliphatic rings. The number of hydrogen-bond donors (Lipinski definition) is 3. The van der Waals surface area contributed by atoms with E-state index in [0.29, 0.717) is 54.1 Å². The van der Waals surface area contributed by atoms with E-state index >= 15 is 0 Å². The van der Waals surface area contributed by atoms with Crippen molar-refractivity contribution in [3.05, 3.63) is 29.6 Å². The number of benzene rings is 1. The number of amides is 2. The third kappa shape index (κ3) is 7.15. The zero-order valence-corrected chi connectivity index (χ0v) is 31.4. The molecule has 3 aromatic rings. The third-order valence-electron chi connectivity index (χ3n) is 11.3. The van der Waals surface area contributed by atoms with E-state index in [1.165, 1.54) is 11.3 Å². The maximum Gasteiger partial charge on any atom is 0.254 e. The van der Waals surface area contributed by atoms with Gasteiger partial charge in [-0.25, -0.2) is 18.4 Å². The lowest BCUT2D eigenvalue weighted by Crippen LogP contribution is -2.57. The van der Waals surface area contributed by atoms with Crippen LogP contribution in [0.3, 0.4) is 0 Å². The number of rotatable bonds is 8. The highest BCUT2D eigenvalue weighted by atomic mass is 32.2. The van der Waals surface area contributed by atoms with Gasteiger partial charge in [-0.1, -0.05) is 44.9 Å². The Morgan fingerprint density at radius 1 is 1.06 bits per heavy atom. The van der Waals surface area contributed by atoms with Gasteiger partial charge < -0.3 is 20.5 Å². The second kappa shape index (κ2) is 14.1. The minimum atomic E-state index is -3.90. The molecular weight excluding hydrogens is 689 g/mol. The number of carbonyl (C=O) groups excluding carboxylic acids is 2. The summed E-state index contributed by atoms with van der Waals surface area (Å²) in [4.78, 5) is 38.9. The number of hydrogen-bond acceptors (Lipinski definition) is 11. The molecule has 4 N–H and O–H groups in total. The van der Waals surface area contributed by atoms with E-state index in [2.05, 4.69) is 23.9 Å².